The number of aromatic nitrogens is 1. The predicted octanol–water partition coefficient (Wildman–Crippen LogP) is 1.39. The highest BCUT2D eigenvalue weighted by atomic mass is 32.1. The summed E-state index contributed by atoms with van der Waals surface area (Å²) in [5.74, 6) is -1.21. The van der Waals surface area contributed by atoms with Gasteiger partial charge in [0.15, 0.2) is 5.69 Å². The molecule has 0 fully saturated rings. The van der Waals surface area contributed by atoms with E-state index in [0.29, 0.717) is 11.4 Å². The van der Waals surface area contributed by atoms with E-state index in [1.165, 1.54) is 16.7 Å². The van der Waals surface area contributed by atoms with Crippen molar-refractivity contribution in [2.24, 2.45) is 11.1 Å². The highest BCUT2D eigenvalue weighted by molar-refractivity contribution is 7.09. The average Bonchev–Trinajstić information content (AvgIpc) is 2.87. The van der Waals surface area contributed by atoms with Crippen LogP contribution in [0.15, 0.2) is 5.38 Å². The maximum atomic E-state index is 12.1. The second kappa shape index (κ2) is 6.12. The van der Waals surface area contributed by atoms with Crippen LogP contribution < -0.4 is 11.1 Å². The number of hydrogen-bond donors (Lipinski definition) is 3. The molecule has 1 aromatic rings. The summed E-state index contributed by atoms with van der Waals surface area (Å²) in [7, 11) is 0. The molecule has 1 rings (SSSR count). The number of hydrogen-bond acceptors (Lipinski definition) is 5. The molecule has 0 bridgehead atoms. The normalized spacial score (nSPS) is 15.6. The van der Waals surface area contributed by atoms with E-state index in [1.807, 2.05) is 6.92 Å². The summed E-state index contributed by atoms with van der Waals surface area (Å²) in [4.78, 5) is 26.8. The standard InChI is InChI=1S/C12H19N3O3S/c1-4-12(3,6-13)11(18)14-7(2)9-15-8(5-19-9)10(16)17/h5,7H,4,6,13H2,1-3H3,(H,14,18)(H,16,17). The summed E-state index contributed by atoms with van der Waals surface area (Å²) in [6, 6.07) is -0.331. The molecule has 0 aliphatic carbocycles. The minimum absolute atomic E-state index is 0.00169. The van der Waals surface area contributed by atoms with Gasteiger partial charge < -0.3 is 16.2 Å². The zero-order chi connectivity index (χ0) is 14.6. The van der Waals surface area contributed by atoms with E-state index in [4.69, 9.17) is 10.8 Å². The molecule has 0 saturated carbocycles. The zero-order valence-electron chi connectivity index (χ0n) is 11.3. The second-order valence-electron chi connectivity index (χ2n) is 4.69. The smallest absolute Gasteiger partial charge is 0.355 e. The van der Waals surface area contributed by atoms with Gasteiger partial charge in [-0.05, 0) is 20.3 Å². The Labute approximate surface area is 116 Å². The van der Waals surface area contributed by atoms with Gasteiger partial charge in [-0.25, -0.2) is 9.78 Å². The Hall–Kier alpha value is -1.47. The van der Waals surface area contributed by atoms with Crippen LogP contribution >= 0.6 is 11.3 Å². The van der Waals surface area contributed by atoms with Gasteiger partial charge in [0, 0.05) is 11.9 Å². The topological polar surface area (TPSA) is 105 Å². The molecule has 106 valence electrons. The lowest BCUT2D eigenvalue weighted by atomic mass is 9.86. The van der Waals surface area contributed by atoms with Gasteiger partial charge in [-0.15, -0.1) is 11.3 Å². The van der Waals surface area contributed by atoms with Gasteiger partial charge >= 0.3 is 5.97 Å². The number of carboxylic acid groups (broad SMARTS) is 1. The summed E-state index contributed by atoms with van der Waals surface area (Å²) in [5.41, 5.74) is 5.01. The summed E-state index contributed by atoms with van der Waals surface area (Å²) >= 11 is 1.22. The highest BCUT2D eigenvalue weighted by Crippen LogP contribution is 2.23. The van der Waals surface area contributed by atoms with Gasteiger partial charge in [0.05, 0.1) is 11.5 Å². The number of carbonyl (C=O) groups excluding carboxylic acids is 1. The van der Waals surface area contributed by atoms with E-state index in [2.05, 4.69) is 10.3 Å². The first kappa shape index (κ1) is 15.6. The van der Waals surface area contributed by atoms with Crippen LogP contribution in [0.1, 0.15) is 48.7 Å². The van der Waals surface area contributed by atoms with Crippen molar-refractivity contribution >= 4 is 23.2 Å². The van der Waals surface area contributed by atoms with Crippen molar-refractivity contribution in [3.05, 3.63) is 16.1 Å². The van der Waals surface area contributed by atoms with Crippen molar-refractivity contribution in [3.8, 4) is 0 Å². The van der Waals surface area contributed by atoms with Gasteiger partial charge in [0.1, 0.15) is 5.01 Å². The quantitative estimate of drug-likeness (QED) is 0.732. The SMILES string of the molecule is CCC(C)(CN)C(=O)NC(C)c1nc(C(=O)O)cs1. The van der Waals surface area contributed by atoms with Gasteiger partial charge in [-0.1, -0.05) is 6.92 Å². The lowest BCUT2D eigenvalue weighted by molar-refractivity contribution is -0.130. The van der Waals surface area contributed by atoms with Crippen molar-refractivity contribution < 1.29 is 14.7 Å². The molecule has 19 heavy (non-hydrogen) atoms. The van der Waals surface area contributed by atoms with E-state index in [0.717, 1.165) is 0 Å². The van der Waals surface area contributed by atoms with Crippen LogP contribution in [0, 0.1) is 5.41 Å². The first-order valence-corrected chi connectivity index (χ1v) is 6.91. The lowest BCUT2D eigenvalue weighted by Crippen LogP contribution is -2.44. The molecule has 0 saturated heterocycles. The molecular weight excluding hydrogens is 266 g/mol. The first-order chi connectivity index (χ1) is 8.84. The number of amides is 1. The molecule has 2 unspecified atom stereocenters. The average molecular weight is 285 g/mol. The number of nitrogens with zero attached hydrogens (tertiary/aromatic N) is 1. The van der Waals surface area contributed by atoms with Crippen LogP contribution in [0.2, 0.25) is 0 Å². The number of rotatable bonds is 6. The van der Waals surface area contributed by atoms with E-state index in [9.17, 15) is 9.59 Å². The first-order valence-electron chi connectivity index (χ1n) is 6.03. The van der Waals surface area contributed by atoms with Gasteiger partial charge in [0.2, 0.25) is 5.91 Å². The molecule has 1 amide bonds. The summed E-state index contributed by atoms with van der Waals surface area (Å²) in [6.07, 6.45) is 0.639. The number of thiazole rings is 1. The predicted molar refractivity (Wildman–Crippen MR) is 73.1 cm³/mol. The fraction of sp³-hybridized carbons (Fsp3) is 0.583. The van der Waals surface area contributed by atoms with Crippen LogP contribution in [-0.4, -0.2) is 28.5 Å². The third-order valence-electron chi connectivity index (χ3n) is 3.24. The Morgan fingerprint density at radius 1 is 1.63 bits per heavy atom. The Morgan fingerprint density at radius 3 is 2.68 bits per heavy atom. The molecule has 2 atom stereocenters. The number of carbonyl (C=O) groups is 2. The van der Waals surface area contributed by atoms with Crippen molar-refractivity contribution in [2.75, 3.05) is 6.54 Å². The third-order valence-corrected chi connectivity index (χ3v) is 4.27. The minimum atomic E-state index is -1.07. The number of aromatic carboxylic acids is 1. The molecule has 0 radical (unpaired) electrons. The molecule has 1 aromatic heterocycles. The molecule has 0 aliphatic rings. The second-order valence-corrected chi connectivity index (χ2v) is 5.58. The highest BCUT2D eigenvalue weighted by Gasteiger charge is 2.31. The Bertz CT molecular complexity index is 469. The maximum Gasteiger partial charge on any atom is 0.355 e. The molecule has 1 heterocycles. The fourth-order valence-corrected chi connectivity index (χ4v) is 2.21. The summed E-state index contributed by atoms with van der Waals surface area (Å²) < 4.78 is 0. The van der Waals surface area contributed by atoms with Crippen molar-refractivity contribution in [1.29, 1.82) is 0 Å². The zero-order valence-corrected chi connectivity index (χ0v) is 12.1. The Balaban J connectivity index is 2.76. The van der Waals surface area contributed by atoms with Crippen LogP contribution in [0.25, 0.3) is 0 Å². The van der Waals surface area contributed by atoms with Crippen LogP contribution in [0.3, 0.4) is 0 Å². The van der Waals surface area contributed by atoms with Gasteiger partial charge in [-0.3, -0.25) is 4.79 Å². The van der Waals surface area contributed by atoms with Crippen molar-refractivity contribution in [1.82, 2.24) is 10.3 Å². The molecule has 4 N–H and O–H groups in total. The van der Waals surface area contributed by atoms with Crippen LogP contribution in [-0.2, 0) is 4.79 Å². The largest absolute Gasteiger partial charge is 0.476 e. The molecule has 6 nitrogen and oxygen atoms in total. The number of carboxylic acids is 1. The van der Waals surface area contributed by atoms with Crippen molar-refractivity contribution in [3.63, 3.8) is 0 Å². The monoisotopic (exact) mass is 285 g/mol. The summed E-state index contributed by atoms with van der Waals surface area (Å²) in [6.45, 7) is 5.75. The lowest BCUT2D eigenvalue weighted by Gasteiger charge is -2.26. The maximum absolute atomic E-state index is 12.1. The molecule has 0 aromatic carbocycles. The molecule has 7 heteroatoms. The summed E-state index contributed by atoms with van der Waals surface area (Å²) in [5, 5.41) is 13.7. The van der Waals surface area contributed by atoms with Crippen LogP contribution in [0.5, 0.6) is 0 Å². The third kappa shape index (κ3) is 3.51. The van der Waals surface area contributed by atoms with E-state index in [-0.39, 0.29) is 24.2 Å². The Kier molecular flexibility index (Phi) is 5.02. The van der Waals surface area contributed by atoms with Gasteiger partial charge in [-0.2, -0.15) is 0 Å². The van der Waals surface area contributed by atoms with E-state index >= 15 is 0 Å². The van der Waals surface area contributed by atoms with E-state index < -0.39 is 11.4 Å². The number of nitrogens with one attached hydrogen (secondary N) is 1. The van der Waals surface area contributed by atoms with Crippen LogP contribution in [0.4, 0.5) is 0 Å². The molecule has 0 spiro atoms. The minimum Gasteiger partial charge on any atom is -0.476 e. The van der Waals surface area contributed by atoms with Gasteiger partial charge in [0.25, 0.3) is 0 Å². The van der Waals surface area contributed by atoms with Crippen molar-refractivity contribution in [2.45, 2.75) is 33.2 Å². The van der Waals surface area contributed by atoms with E-state index in [1.54, 1.807) is 13.8 Å². The number of nitrogens with two attached hydrogens (primary N) is 1. The Morgan fingerprint density at radius 2 is 2.26 bits per heavy atom. The molecular formula is C12H19N3O3S. The molecule has 0 aliphatic heterocycles. The fourth-order valence-electron chi connectivity index (χ4n) is 1.41.